The summed E-state index contributed by atoms with van der Waals surface area (Å²) in [4.78, 5) is 37.6. The Balaban J connectivity index is 1.46. The second-order valence-corrected chi connectivity index (χ2v) is 7.51. The van der Waals surface area contributed by atoms with Crippen LogP contribution in [0.5, 0.6) is 0 Å². The van der Waals surface area contributed by atoms with Crippen molar-refractivity contribution in [2.75, 3.05) is 10.6 Å². The first kappa shape index (κ1) is 20.3. The lowest BCUT2D eigenvalue weighted by atomic mass is 10.1. The van der Waals surface area contributed by atoms with E-state index in [0.29, 0.717) is 22.5 Å². The molecule has 1 aliphatic carbocycles. The Hall–Kier alpha value is -3.93. The van der Waals surface area contributed by atoms with Crippen molar-refractivity contribution in [3.8, 4) is 0 Å². The van der Waals surface area contributed by atoms with E-state index in [1.165, 1.54) is 0 Å². The van der Waals surface area contributed by atoms with Crippen LogP contribution in [0, 0.1) is 5.92 Å². The molecule has 6 heteroatoms. The monoisotopic (exact) mass is 413 g/mol. The highest BCUT2D eigenvalue weighted by Gasteiger charge is 2.29. The Bertz CT molecular complexity index is 1060. The van der Waals surface area contributed by atoms with E-state index in [-0.39, 0.29) is 23.6 Å². The summed E-state index contributed by atoms with van der Waals surface area (Å²) in [6, 6.07) is 23.9. The molecule has 1 saturated carbocycles. The van der Waals surface area contributed by atoms with Gasteiger partial charge in [0.2, 0.25) is 5.91 Å². The lowest BCUT2D eigenvalue weighted by Gasteiger charge is -2.19. The highest BCUT2D eigenvalue weighted by molar-refractivity contribution is 6.02. The quantitative estimate of drug-likeness (QED) is 0.544. The van der Waals surface area contributed by atoms with Gasteiger partial charge in [-0.1, -0.05) is 48.5 Å². The molecule has 1 atom stereocenters. The van der Waals surface area contributed by atoms with E-state index in [1.807, 2.05) is 24.3 Å². The lowest BCUT2D eigenvalue weighted by Crippen LogP contribution is -2.37. The van der Waals surface area contributed by atoms with Gasteiger partial charge >= 0.3 is 0 Å². The normalized spacial score (nSPS) is 13.7. The maximum absolute atomic E-state index is 13.0. The predicted octanol–water partition coefficient (Wildman–Crippen LogP) is 4.14. The molecule has 0 heterocycles. The smallest absolute Gasteiger partial charge is 0.252 e. The molecule has 6 nitrogen and oxygen atoms in total. The fourth-order valence-corrected chi connectivity index (χ4v) is 3.19. The predicted molar refractivity (Wildman–Crippen MR) is 120 cm³/mol. The SMILES string of the molecule is O=C(NC(C(=O)Nc1ccc(NC(=O)C2CC2)cc1)c1ccccc1)c1ccccc1. The van der Waals surface area contributed by atoms with Gasteiger partial charge in [-0.25, -0.2) is 0 Å². The maximum atomic E-state index is 13.0. The van der Waals surface area contributed by atoms with Crippen LogP contribution >= 0.6 is 0 Å². The zero-order valence-corrected chi connectivity index (χ0v) is 16.9. The van der Waals surface area contributed by atoms with Crippen LogP contribution in [0.15, 0.2) is 84.9 Å². The van der Waals surface area contributed by atoms with Gasteiger partial charge in [-0.2, -0.15) is 0 Å². The van der Waals surface area contributed by atoms with E-state index in [4.69, 9.17) is 0 Å². The van der Waals surface area contributed by atoms with Crippen LogP contribution in [-0.4, -0.2) is 17.7 Å². The van der Waals surface area contributed by atoms with Crippen LogP contribution in [-0.2, 0) is 9.59 Å². The number of amides is 3. The molecule has 0 aliphatic heterocycles. The van der Waals surface area contributed by atoms with E-state index in [1.54, 1.807) is 60.7 Å². The summed E-state index contributed by atoms with van der Waals surface area (Å²) in [5, 5.41) is 8.53. The summed E-state index contributed by atoms with van der Waals surface area (Å²) in [6.45, 7) is 0. The maximum Gasteiger partial charge on any atom is 0.252 e. The number of anilines is 2. The number of rotatable bonds is 7. The molecular weight excluding hydrogens is 390 g/mol. The highest BCUT2D eigenvalue weighted by atomic mass is 16.2. The number of benzene rings is 3. The number of hydrogen-bond donors (Lipinski definition) is 3. The average Bonchev–Trinajstić information content (AvgIpc) is 3.65. The summed E-state index contributed by atoms with van der Waals surface area (Å²) < 4.78 is 0. The second kappa shape index (κ2) is 9.26. The molecule has 4 rings (SSSR count). The third-order valence-electron chi connectivity index (χ3n) is 5.07. The molecule has 1 fully saturated rings. The minimum atomic E-state index is -0.858. The van der Waals surface area contributed by atoms with Gasteiger partial charge in [-0.05, 0) is 54.8 Å². The zero-order valence-electron chi connectivity index (χ0n) is 16.9. The summed E-state index contributed by atoms with van der Waals surface area (Å²) in [7, 11) is 0. The van der Waals surface area contributed by atoms with Gasteiger partial charge in [-0.3, -0.25) is 14.4 Å². The minimum absolute atomic E-state index is 0.0320. The standard InChI is InChI=1S/C25H23N3O3/c29-23(19-11-12-19)26-20-13-15-21(16-14-20)27-25(31)22(17-7-3-1-4-8-17)28-24(30)18-9-5-2-6-10-18/h1-10,13-16,19,22H,11-12H2,(H,26,29)(H,27,31)(H,28,30). The third-order valence-corrected chi connectivity index (χ3v) is 5.07. The molecule has 3 aromatic rings. The van der Waals surface area contributed by atoms with Crippen LogP contribution < -0.4 is 16.0 Å². The van der Waals surface area contributed by atoms with Gasteiger partial charge in [0.15, 0.2) is 0 Å². The van der Waals surface area contributed by atoms with Crippen LogP contribution in [0.2, 0.25) is 0 Å². The summed E-state index contributed by atoms with van der Waals surface area (Å²) in [5.74, 6) is -0.531. The van der Waals surface area contributed by atoms with Gasteiger partial charge in [0, 0.05) is 22.9 Å². The van der Waals surface area contributed by atoms with Crippen molar-refractivity contribution >= 4 is 29.1 Å². The van der Waals surface area contributed by atoms with E-state index in [9.17, 15) is 14.4 Å². The lowest BCUT2D eigenvalue weighted by molar-refractivity contribution is -0.118. The molecule has 0 bridgehead atoms. The number of nitrogens with one attached hydrogen (secondary N) is 3. The molecule has 1 unspecified atom stereocenters. The van der Waals surface area contributed by atoms with Gasteiger partial charge in [0.1, 0.15) is 6.04 Å². The summed E-state index contributed by atoms with van der Waals surface area (Å²) >= 11 is 0. The molecular formula is C25H23N3O3. The fourth-order valence-electron chi connectivity index (χ4n) is 3.19. The van der Waals surface area contributed by atoms with Gasteiger partial charge in [-0.15, -0.1) is 0 Å². The molecule has 3 amide bonds. The van der Waals surface area contributed by atoms with Crippen molar-refractivity contribution in [1.29, 1.82) is 0 Å². The Labute approximate surface area is 180 Å². The molecule has 3 N–H and O–H groups in total. The van der Waals surface area contributed by atoms with Crippen molar-refractivity contribution in [2.45, 2.75) is 18.9 Å². The topological polar surface area (TPSA) is 87.3 Å². The fraction of sp³-hybridized carbons (Fsp3) is 0.160. The molecule has 1 aliphatic rings. The van der Waals surface area contributed by atoms with Crippen LogP contribution in [0.25, 0.3) is 0 Å². The van der Waals surface area contributed by atoms with Crippen molar-refractivity contribution in [3.63, 3.8) is 0 Å². The van der Waals surface area contributed by atoms with Gasteiger partial charge in [0.05, 0.1) is 0 Å². The Morgan fingerprint density at radius 2 is 1.26 bits per heavy atom. The van der Waals surface area contributed by atoms with Crippen molar-refractivity contribution in [1.82, 2.24) is 5.32 Å². The van der Waals surface area contributed by atoms with Gasteiger partial charge < -0.3 is 16.0 Å². The van der Waals surface area contributed by atoms with E-state index in [0.717, 1.165) is 12.8 Å². The van der Waals surface area contributed by atoms with E-state index < -0.39 is 6.04 Å². The Morgan fingerprint density at radius 3 is 1.84 bits per heavy atom. The van der Waals surface area contributed by atoms with Crippen molar-refractivity contribution in [3.05, 3.63) is 96.1 Å². The summed E-state index contributed by atoms with van der Waals surface area (Å²) in [5.41, 5.74) is 2.42. The average molecular weight is 413 g/mol. The minimum Gasteiger partial charge on any atom is -0.336 e. The molecule has 0 aromatic heterocycles. The number of carbonyl (C=O) groups is 3. The third kappa shape index (κ3) is 5.36. The van der Waals surface area contributed by atoms with Crippen LogP contribution in [0.3, 0.4) is 0 Å². The van der Waals surface area contributed by atoms with Crippen LogP contribution in [0.1, 0.15) is 34.8 Å². The van der Waals surface area contributed by atoms with Crippen LogP contribution in [0.4, 0.5) is 11.4 Å². The molecule has 31 heavy (non-hydrogen) atoms. The van der Waals surface area contributed by atoms with Gasteiger partial charge in [0.25, 0.3) is 11.8 Å². The summed E-state index contributed by atoms with van der Waals surface area (Å²) in [6.07, 6.45) is 1.88. The molecule has 0 saturated heterocycles. The number of carbonyl (C=O) groups excluding carboxylic acids is 3. The Kier molecular flexibility index (Phi) is 6.08. The second-order valence-electron chi connectivity index (χ2n) is 7.51. The molecule has 0 radical (unpaired) electrons. The first-order chi connectivity index (χ1) is 15.1. The molecule has 156 valence electrons. The first-order valence-corrected chi connectivity index (χ1v) is 10.2. The number of hydrogen-bond acceptors (Lipinski definition) is 3. The molecule has 3 aromatic carbocycles. The highest BCUT2D eigenvalue weighted by Crippen LogP contribution is 2.30. The van der Waals surface area contributed by atoms with E-state index in [2.05, 4.69) is 16.0 Å². The zero-order chi connectivity index (χ0) is 21.6. The Morgan fingerprint density at radius 1 is 0.710 bits per heavy atom. The van der Waals surface area contributed by atoms with E-state index >= 15 is 0 Å². The van der Waals surface area contributed by atoms with Crippen molar-refractivity contribution in [2.24, 2.45) is 5.92 Å². The first-order valence-electron chi connectivity index (χ1n) is 10.2. The largest absolute Gasteiger partial charge is 0.336 e. The molecule has 0 spiro atoms. The van der Waals surface area contributed by atoms with Crippen molar-refractivity contribution < 1.29 is 14.4 Å².